The van der Waals surface area contributed by atoms with E-state index in [9.17, 15) is 0 Å². The molecule has 0 bridgehead atoms. The van der Waals surface area contributed by atoms with Crippen molar-refractivity contribution in [2.75, 3.05) is 11.9 Å². The molecule has 0 aliphatic heterocycles. The standard InChI is InChI=1S/C13H19N3S2/c1-9(7-11-5-4-6-17-11)16(3)13-15-10(2)12(8-14)18-13/h4-6,9H,7-8,14H2,1-3H3. The van der Waals surface area contributed by atoms with Gasteiger partial charge in [-0.25, -0.2) is 4.98 Å². The van der Waals surface area contributed by atoms with Gasteiger partial charge < -0.3 is 10.6 Å². The summed E-state index contributed by atoms with van der Waals surface area (Å²) in [5.41, 5.74) is 6.77. The average Bonchev–Trinajstić information content (AvgIpc) is 2.97. The van der Waals surface area contributed by atoms with Crippen LogP contribution < -0.4 is 10.6 Å². The molecule has 2 aromatic rings. The summed E-state index contributed by atoms with van der Waals surface area (Å²) in [6.07, 6.45) is 1.06. The van der Waals surface area contributed by atoms with E-state index in [1.165, 1.54) is 9.75 Å². The van der Waals surface area contributed by atoms with Gasteiger partial charge in [-0.2, -0.15) is 0 Å². The highest BCUT2D eigenvalue weighted by Crippen LogP contribution is 2.27. The quantitative estimate of drug-likeness (QED) is 0.916. The summed E-state index contributed by atoms with van der Waals surface area (Å²) in [6.45, 7) is 4.84. The van der Waals surface area contributed by atoms with Crippen molar-refractivity contribution >= 4 is 27.8 Å². The second-order valence-electron chi connectivity index (χ2n) is 4.45. The zero-order valence-corrected chi connectivity index (χ0v) is 12.6. The van der Waals surface area contributed by atoms with E-state index in [0.29, 0.717) is 12.6 Å². The van der Waals surface area contributed by atoms with E-state index in [1.54, 1.807) is 11.3 Å². The van der Waals surface area contributed by atoms with E-state index in [0.717, 1.165) is 17.2 Å². The summed E-state index contributed by atoms with van der Waals surface area (Å²) >= 11 is 3.51. The summed E-state index contributed by atoms with van der Waals surface area (Å²) in [6, 6.07) is 4.74. The number of anilines is 1. The normalized spacial score (nSPS) is 12.7. The van der Waals surface area contributed by atoms with Crippen LogP contribution in [0.2, 0.25) is 0 Å². The fourth-order valence-corrected chi connectivity index (χ4v) is 3.63. The first-order valence-corrected chi connectivity index (χ1v) is 7.73. The van der Waals surface area contributed by atoms with Crippen molar-refractivity contribution in [3.8, 4) is 0 Å². The first-order chi connectivity index (χ1) is 8.61. The third-order valence-electron chi connectivity index (χ3n) is 3.11. The minimum atomic E-state index is 0.444. The molecule has 0 radical (unpaired) electrons. The van der Waals surface area contributed by atoms with Crippen LogP contribution >= 0.6 is 22.7 Å². The third kappa shape index (κ3) is 2.91. The van der Waals surface area contributed by atoms with Gasteiger partial charge in [0.15, 0.2) is 5.13 Å². The molecule has 1 atom stereocenters. The van der Waals surface area contributed by atoms with Crippen LogP contribution in [0.4, 0.5) is 5.13 Å². The Bertz CT molecular complexity index is 490. The van der Waals surface area contributed by atoms with E-state index in [2.05, 4.69) is 41.4 Å². The summed E-state index contributed by atoms with van der Waals surface area (Å²) < 4.78 is 0. The average molecular weight is 281 g/mol. The number of thiophene rings is 1. The molecule has 2 N–H and O–H groups in total. The SMILES string of the molecule is Cc1nc(N(C)C(C)Cc2cccs2)sc1CN. The Morgan fingerprint density at radius 2 is 2.28 bits per heavy atom. The molecular formula is C13H19N3S2. The maximum absolute atomic E-state index is 5.70. The number of rotatable bonds is 5. The number of nitrogens with zero attached hydrogens (tertiary/aromatic N) is 2. The summed E-state index contributed by atoms with van der Waals surface area (Å²) in [4.78, 5) is 9.45. The molecule has 5 heteroatoms. The molecule has 0 aromatic carbocycles. The van der Waals surface area contributed by atoms with E-state index < -0.39 is 0 Å². The molecule has 2 aromatic heterocycles. The van der Waals surface area contributed by atoms with E-state index in [4.69, 9.17) is 5.73 Å². The molecule has 18 heavy (non-hydrogen) atoms. The number of aryl methyl sites for hydroxylation is 1. The minimum Gasteiger partial charge on any atom is -0.348 e. The highest BCUT2D eigenvalue weighted by atomic mass is 32.1. The van der Waals surface area contributed by atoms with Gasteiger partial charge in [0.25, 0.3) is 0 Å². The van der Waals surface area contributed by atoms with Crippen molar-refractivity contribution in [3.63, 3.8) is 0 Å². The van der Waals surface area contributed by atoms with Crippen LogP contribution in [-0.2, 0) is 13.0 Å². The number of likely N-dealkylation sites (N-methyl/N-ethyl adjacent to an activating group) is 1. The summed E-state index contributed by atoms with van der Waals surface area (Å²) in [7, 11) is 2.11. The van der Waals surface area contributed by atoms with Crippen LogP contribution in [0.5, 0.6) is 0 Å². The molecule has 0 spiro atoms. The van der Waals surface area contributed by atoms with Crippen molar-refractivity contribution in [3.05, 3.63) is 33.0 Å². The zero-order valence-electron chi connectivity index (χ0n) is 11.0. The second kappa shape index (κ2) is 5.82. The molecule has 0 aliphatic rings. The molecule has 1 unspecified atom stereocenters. The molecule has 2 heterocycles. The lowest BCUT2D eigenvalue weighted by atomic mass is 10.2. The highest BCUT2D eigenvalue weighted by Gasteiger charge is 2.16. The molecule has 0 amide bonds. The van der Waals surface area contributed by atoms with Gasteiger partial charge in [-0.1, -0.05) is 6.07 Å². The summed E-state index contributed by atoms with van der Waals surface area (Å²) in [5, 5.41) is 3.19. The number of aromatic nitrogens is 1. The fourth-order valence-electron chi connectivity index (χ4n) is 1.80. The van der Waals surface area contributed by atoms with Crippen molar-refractivity contribution in [2.45, 2.75) is 32.9 Å². The van der Waals surface area contributed by atoms with Gasteiger partial charge in [-0.3, -0.25) is 0 Å². The number of nitrogens with two attached hydrogens (primary N) is 1. The monoisotopic (exact) mass is 281 g/mol. The van der Waals surface area contributed by atoms with Crippen LogP contribution in [0.3, 0.4) is 0 Å². The fraction of sp³-hybridized carbons (Fsp3) is 0.462. The number of hydrogen-bond acceptors (Lipinski definition) is 5. The maximum Gasteiger partial charge on any atom is 0.185 e. The van der Waals surface area contributed by atoms with Gasteiger partial charge in [-0.05, 0) is 25.3 Å². The first kappa shape index (κ1) is 13.5. The lowest BCUT2D eigenvalue weighted by molar-refractivity contribution is 0.686. The Morgan fingerprint density at radius 3 is 2.83 bits per heavy atom. The Morgan fingerprint density at radius 1 is 1.50 bits per heavy atom. The van der Waals surface area contributed by atoms with Gasteiger partial charge in [0, 0.05) is 35.8 Å². The molecular weight excluding hydrogens is 262 g/mol. The van der Waals surface area contributed by atoms with Crippen molar-refractivity contribution in [1.29, 1.82) is 0 Å². The van der Waals surface area contributed by atoms with Crippen molar-refractivity contribution in [1.82, 2.24) is 4.98 Å². The van der Waals surface area contributed by atoms with E-state index >= 15 is 0 Å². The molecule has 3 nitrogen and oxygen atoms in total. The van der Waals surface area contributed by atoms with E-state index in [1.807, 2.05) is 18.3 Å². The van der Waals surface area contributed by atoms with Crippen molar-refractivity contribution < 1.29 is 0 Å². The second-order valence-corrected chi connectivity index (χ2v) is 6.55. The van der Waals surface area contributed by atoms with Gasteiger partial charge in [0.2, 0.25) is 0 Å². The third-order valence-corrected chi connectivity index (χ3v) is 5.28. The predicted octanol–water partition coefficient (Wildman–Crippen LogP) is 3.04. The Labute approximate surface area is 116 Å². The largest absolute Gasteiger partial charge is 0.348 e. The topological polar surface area (TPSA) is 42.2 Å². The van der Waals surface area contributed by atoms with Crippen LogP contribution in [0.1, 0.15) is 22.4 Å². The van der Waals surface area contributed by atoms with Crippen molar-refractivity contribution in [2.24, 2.45) is 5.73 Å². The van der Waals surface area contributed by atoms with Gasteiger partial charge in [0.1, 0.15) is 0 Å². The zero-order chi connectivity index (χ0) is 13.1. The van der Waals surface area contributed by atoms with Gasteiger partial charge >= 0.3 is 0 Å². The maximum atomic E-state index is 5.70. The first-order valence-electron chi connectivity index (χ1n) is 6.03. The lowest BCUT2D eigenvalue weighted by Crippen LogP contribution is -2.30. The van der Waals surface area contributed by atoms with Crippen LogP contribution in [0.15, 0.2) is 17.5 Å². The Balaban J connectivity index is 2.07. The van der Waals surface area contributed by atoms with Gasteiger partial charge in [-0.15, -0.1) is 22.7 Å². The highest BCUT2D eigenvalue weighted by molar-refractivity contribution is 7.15. The Kier molecular flexibility index (Phi) is 4.37. The smallest absolute Gasteiger partial charge is 0.185 e. The Hall–Kier alpha value is -0.910. The van der Waals surface area contributed by atoms with Crippen LogP contribution in [0, 0.1) is 6.92 Å². The number of hydrogen-bond donors (Lipinski definition) is 1. The lowest BCUT2D eigenvalue weighted by Gasteiger charge is -2.23. The minimum absolute atomic E-state index is 0.444. The molecule has 2 rings (SSSR count). The molecule has 98 valence electrons. The molecule has 0 fully saturated rings. The molecule has 0 saturated carbocycles. The van der Waals surface area contributed by atoms with Crippen LogP contribution in [0.25, 0.3) is 0 Å². The van der Waals surface area contributed by atoms with E-state index in [-0.39, 0.29) is 0 Å². The van der Waals surface area contributed by atoms with Gasteiger partial charge in [0.05, 0.1) is 5.69 Å². The number of thiazole rings is 1. The predicted molar refractivity (Wildman–Crippen MR) is 80.6 cm³/mol. The summed E-state index contributed by atoms with van der Waals surface area (Å²) in [5.74, 6) is 0. The van der Waals surface area contributed by atoms with Crippen LogP contribution in [-0.4, -0.2) is 18.1 Å². The molecule has 0 aliphatic carbocycles. The molecule has 0 saturated heterocycles.